The van der Waals surface area contributed by atoms with Gasteiger partial charge >= 0.3 is 0 Å². The zero-order valence-electron chi connectivity index (χ0n) is 17.1. The molecular weight excluding hydrogens is 392 g/mol. The highest BCUT2D eigenvalue weighted by atomic mass is 16.5. The van der Waals surface area contributed by atoms with Crippen LogP contribution >= 0.6 is 0 Å². The fourth-order valence-corrected chi connectivity index (χ4v) is 3.44. The number of para-hydroxylation sites is 3. The summed E-state index contributed by atoms with van der Waals surface area (Å²) in [6, 6.07) is 26.3. The fourth-order valence-electron chi connectivity index (χ4n) is 3.44. The first-order valence-electron chi connectivity index (χ1n) is 10.3. The molecule has 0 fully saturated rings. The first-order chi connectivity index (χ1) is 15.2. The van der Waals surface area contributed by atoms with E-state index in [1.54, 1.807) is 29.2 Å². The number of ether oxygens (including phenoxy) is 2. The van der Waals surface area contributed by atoms with Crippen LogP contribution in [-0.2, 0) is 16.0 Å². The normalized spacial score (nSPS) is 14.8. The molecule has 1 N–H and O–H groups in total. The highest BCUT2D eigenvalue weighted by molar-refractivity contribution is 5.98. The van der Waals surface area contributed by atoms with E-state index in [-0.39, 0.29) is 25.0 Å². The standard InChI is InChI=1S/C25H24N2O4/c28-24(18-30-20-11-5-2-6-12-20)27-17-23(31-22-14-8-7-13-21(22)27)25(29)26-16-15-19-9-3-1-4-10-19/h1-14,23H,15-18H2,(H,26,29)/t23-/m1/s1. The zero-order valence-corrected chi connectivity index (χ0v) is 17.1. The van der Waals surface area contributed by atoms with Crippen LogP contribution in [0.1, 0.15) is 5.56 Å². The lowest BCUT2D eigenvalue weighted by Crippen LogP contribution is -2.52. The minimum Gasteiger partial charge on any atom is -0.484 e. The SMILES string of the molecule is O=C(NCCc1ccccc1)[C@H]1CN(C(=O)COc2ccccc2)c2ccccc2O1. The van der Waals surface area contributed by atoms with Crippen molar-refractivity contribution in [3.05, 3.63) is 90.5 Å². The van der Waals surface area contributed by atoms with Crippen LogP contribution in [-0.4, -0.2) is 37.6 Å². The molecular formula is C25H24N2O4. The highest BCUT2D eigenvalue weighted by Gasteiger charge is 2.33. The number of nitrogens with zero attached hydrogens (tertiary/aromatic N) is 1. The predicted molar refractivity (Wildman–Crippen MR) is 118 cm³/mol. The molecule has 0 unspecified atom stereocenters. The van der Waals surface area contributed by atoms with Gasteiger partial charge in [-0.2, -0.15) is 0 Å². The molecule has 6 heteroatoms. The fraction of sp³-hybridized carbons (Fsp3) is 0.200. The van der Waals surface area contributed by atoms with Crippen molar-refractivity contribution in [3.63, 3.8) is 0 Å². The van der Waals surface area contributed by atoms with Gasteiger partial charge in [0, 0.05) is 6.54 Å². The topological polar surface area (TPSA) is 67.9 Å². The van der Waals surface area contributed by atoms with Crippen molar-refractivity contribution in [1.82, 2.24) is 5.32 Å². The van der Waals surface area contributed by atoms with Gasteiger partial charge in [0.1, 0.15) is 11.5 Å². The van der Waals surface area contributed by atoms with Crippen LogP contribution < -0.4 is 19.7 Å². The Labute approximate surface area is 181 Å². The molecule has 0 bridgehead atoms. The number of rotatable bonds is 7. The number of anilines is 1. The number of amides is 2. The summed E-state index contributed by atoms with van der Waals surface area (Å²) in [7, 11) is 0. The summed E-state index contributed by atoms with van der Waals surface area (Å²) in [5, 5.41) is 2.92. The first-order valence-corrected chi connectivity index (χ1v) is 10.3. The minimum absolute atomic E-state index is 0.124. The van der Waals surface area contributed by atoms with Crippen molar-refractivity contribution in [2.45, 2.75) is 12.5 Å². The van der Waals surface area contributed by atoms with Crippen molar-refractivity contribution < 1.29 is 19.1 Å². The molecule has 158 valence electrons. The summed E-state index contributed by atoms with van der Waals surface area (Å²) in [5.41, 5.74) is 1.78. The summed E-state index contributed by atoms with van der Waals surface area (Å²) < 4.78 is 11.5. The van der Waals surface area contributed by atoms with Crippen molar-refractivity contribution in [2.75, 3.05) is 24.6 Å². The number of hydrogen-bond donors (Lipinski definition) is 1. The summed E-state index contributed by atoms with van der Waals surface area (Å²) in [5.74, 6) is 0.645. The molecule has 0 spiro atoms. The van der Waals surface area contributed by atoms with Crippen LogP contribution in [0.3, 0.4) is 0 Å². The third-order valence-electron chi connectivity index (χ3n) is 5.03. The molecule has 6 nitrogen and oxygen atoms in total. The second-order valence-corrected chi connectivity index (χ2v) is 7.21. The quantitative estimate of drug-likeness (QED) is 0.642. The van der Waals surface area contributed by atoms with Crippen LogP contribution in [0.2, 0.25) is 0 Å². The van der Waals surface area contributed by atoms with Crippen LogP contribution in [0.5, 0.6) is 11.5 Å². The van der Waals surface area contributed by atoms with Crippen LogP contribution in [0.15, 0.2) is 84.9 Å². The monoisotopic (exact) mass is 416 g/mol. The lowest BCUT2D eigenvalue weighted by molar-refractivity contribution is -0.128. The van der Waals surface area contributed by atoms with Crippen LogP contribution in [0.25, 0.3) is 0 Å². The van der Waals surface area contributed by atoms with E-state index in [0.717, 1.165) is 12.0 Å². The van der Waals surface area contributed by atoms with E-state index in [1.165, 1.54) is 0 Å². The van der Waals surface area contributed by atoms with Gasteiger partial charge < -0.3 is 19.7 Å². The summed E-state index contributed by atoms with van der Waals surface area (Å²) in [4.78, 5) is 27.2. The van der Waals surface area contributed by atoms with E-state index in [2.05, 4.69) is 5.32 Å². The second kappa shape index (κ2) is 9.80. The minimum atomic E-state index is -0.786. The lowest BCUT2D eigenvalue weighted by Gasteiger charge is -2.34. The summed E-state index contributed by atoms with van der Waals surface area (Å²) in [6.07, 6.45) is -0.0601. The largest absolute Gasteiger partial charge is 0.484 e. The van der Waals surface area contributed by atoms with Gasteiger partial charge in [-0.05, 0) is 36.2 Å². The first kappa shape index (κ1) is 20.5. The van der Waals surface area contributed by atoms with Gasteiger partial charge in [-0.25, -0.2) is 0 Å². The Morgan fingerprint density at radius 2 is 1.61 bits per heavy atom. The molecule has 3 aromatic carbocycles. The molecule has 0 aromatic heterocycles. The Bertz CT molecular complexity index is 1020. The van der Waals surface area contributed by atoms with E-state index in [4.69, 9.17) is 9.47 Å². The van der Waals surface area contributed by atoms with Crippen molar-refractivity contribution in [1.29, 1.82) is 0 Å². The van der Waals surface area contributed by atoms with E-state index in [1.807, 2.05) is 60.7 Å². The number of hydrogen-bond acceptors (Lipinski definition) is 4. The van der Waals surface area contributed by atoms with Gasteiger partial charge in [0.25, 0.3) is 11.8 Å². The third-order valence-corrected chi connectivity index (χ3v) is 5.03. The van der Waals surface area contributed by atoms with Crippen molar-refractivity contribution >= 4 is 17.5 Å². The Kier molecular flexibility index (Phi) is 6.47. The Balaban J connectivity index is 1.40. The molecule has 0 saturated carbocycles. The number of fused-ring (bicyclic) bond motifs is 1. The zero-order chi connectivity index (χ0) is 21.5. The van der Waals surface area contributed by atoms with Crippen LogP contribution in [0.4, 0.5) is 5.69 Å². The lowest BCUT2D eigenvalue weighted by atomic mass is 10.1. The average Bonchev–Trinajstić information content (AvgIpc) is 2.83. The predicted octanol–water partition coefficient (Wildman–Crippen LogP) is 3.22. The smallest absolute Gasteiger partial charge is 0.265 e. The second-order valence-electron chi connectivity index (χ2n) is 7.21. The average molecular weight is 416 g/mol. The maximum absolute atomic E-state index is 12.9. The number of carbonyl (C=O) groups is 2. The highest BCUT2D eigenvalue weighted by Crippen LogP contribution is 2.33. The molecule has 4 rings (SSSR count). The molecule has 1 aliphatic heterocycles. The van der Waals surface area contributed by atoms with E-state index in [0.29, 0.717) is 23.7 Å². The number of benzene rings is 3. The van der Waals surface area contributed by atoms with Gasteiger partial charge in [0.05, 0.1) is 12.2 Å². The molecule has 2 amide bonds. The Morgan fingerprint density at radius 1 is 0.935 bits per heavy atom. The molecule has 3 aromatic rings. The Morgan fingerprint density at radius 3 is 2.39 bits per heavy atom. The van der Waals surface area contributed by atoms with Gasteiger partial charge in [0.2, 0.25) is 0 Å². The molecule has 1 heterocycles. The number of carbonyl (C=O) groups excluding carboxylic acids is 2. The molecule has 0 radical (unpaired) electrons. The summed E-state index contributed by atoms with van der Waals surface area (Å²) >= 11 is 0. The van der Waals surface area contributed by atoms with Gasteiger partial charge in [-0.15, -0.1) is 0 Å². The summed E-state index contributed by atoms with van der Waals surface area (Å²) in [6.45, 7) is 0.501. The van der Waals surface area contributed by atoms with Crippen molar-refractivity contribution in [3.8, 4) is 11.5 Å². The molecule has 1 atom stereocenters. The van der Waals surface area contributed by atoms with Gasteiger partial charge in [-0.1, -0.05) is 60.7 Å². The van der Waals surface area contributed by atoms with Gasteiger partial charge in [0.15, 0.2) is 12.7 Å². The molecule has 0 aliphatic carbocycles. The van der Waals surface area contributed by atoms with Crippen molar-refractivity contribution in [2.24, 2.45) is 0 Å². The van der Waals surface area contributed by atoms with Crippen LogP contribution in [0, 0.1) is 0 Å². The van der Waals surface area contributed by atoms with E-state index >= 15 is 0 Å². The van der Waals surface area contributed by atoms with Gasteiger partial charge in [-0.3, -0.25) is 9.59 Å². The molecule has 31 heavy (non-hydrogen) atoms. The maximum atomic E-state index is 12.9. The molecule has 0 saturated heterocycles. The third kappa shape index (κ3) is 5.22. The Hall–Kier alpha value is -3.80. The van der Waals surface area contributed by atoms with E-state index in [9.17, 15) is 9.59 Å². The molecule has 1 aliphatic rings. The maximum Gasteiger partial charge on any atom is 0.265 e. The number of nitrogens with one attached hydrogen (secondary N) is 1. The van der Waals surface area contributed by atoms with E-state index < -0.39 is 6.10 Å².